The molecule has 1 aromatic rings. The predicted molar refractivity (Wildman–Crippen MR) is 131 cm³/mol. The van der Waals surface area contributed by atoms with E-state index in [-0.39, 0.29) is 16.6 Å². The molecule has 5 nitrogen and oxygen atoms in total. The van der Waals surface area contributed by atoms with Crippen LogP contribution in [0.2, 0.25) is 0 Å². The van der Waals surface area contributed by atoms with Gasteiger partial charge in [-0.1, -0.05) is 19.9 Å². The molecule has 0 aromatic heterocycles. The first kappa shape index (κ1) is 25.8. The summed E-state index contributed by atoms with van der Waals surface area (Å²) in [5.41, 5.74) is 0.163. The minimum Gasteiger partial charge on any atom is -0.399 e. The topological polar surface area (TPSA) is 54.0 Å². The van der Waals surface area contributed by atoms with E-state index in [9.17, 15) is 4.79 Å². The Kier molecular flexibility index (Phi) is 7.58. The van der Waals surface area contributed by atoms with Crippen LogP contribution in [0, 0.1) is 0 Å². The number of carbonyl (C=O) groups excluding carboxylic acids is 1. The smallest absolute Gasteiger partial charge is 0.399 e. The quantitative estimate of drug-likeness (QED) is 0.294. The molecule has 0 spiro atoms. The van der Waals surface area contributed by atoms with Gasteiger partial charge in [0.15, 0.2) is 6.29 Å². The molecule has 0 bridgehead atoms. The van der Waals surface area contributed by atoms with E-state index < -0.39 is 18.3 Å². The summed E-state index contributed by atoms with van der Waals surface area (Å²) >= 11 is 1.78. The van der Waals surface area contributed by atoms with Gasteiger partial charge in [-0.25, -0.2) is 0 Å². The van der Waals surface area contributed by atoms with E-state index in [0.29, 0.717) is 5.56 Å². The Bertz CT molecular complexity index is 799. The lowest BCUT2D eigenvalue weighted by atomic mass is 9.76. The second-order valence-corrected chi connectivity index (χ2v) is 13.0. The minimum atomic E-state index is -0.563. The predicted octanol–water partition coefficient (Wildman–Crippen LogP) is 5.38. The van der Waals surface area contributed by atoms with E-state index in [1.807, 2.05) is 45.9 Å². The van der Waals surface area contributed by atoms with Crippen LogP contribution in [0.5, 0.6) is 0 Å². The van der Waals surface area contributed by atoms with Gasteiger partial charge in [0.05, 0.1) is 16.8 Å². The number of hydrogen-bond acceptors (Lipinski definition) is 6. The Morgan fingerprint density at radius 2 is 1.78 bits per heavy atom. The maximum atomic E-state index is 11.7. The first-order chi connectivity index (χ1) is 14.7. The van der Waals surface area contributed by atoms with Crippen LogP contribution in [-0.2, 0) is 18.8 Å². The summed E-state index contributed by atoms with van der Waals surface area (Å²) in [4.78, 5) is 12.8. The molecule has 1 atom stereocenters. The normalized spacial score (nSPS) is 23.4. The highest BCUT2D eigenvalue weighted by atomic mass is 32.2. The highest BCUT2D eigenvalue weighted by molar-refractivity contribution is 8.00. The Hall–Kier alpha value is -0.855. The number of carbonyl (C=O) groups is 1. The molecule has 2 aliphatic heterocycles. The largest absolute Gasteiger partial charge is 0.495 e. The SMILES string of the molecule is CC(C)(CC(C)(C)Sc1ccc(C=O)c(B2OC(C)(C)C(C)(C)O2)c1)OC1CCCCO1. The molecule has 1 aromatic carbocycles. The van der Waals surface area contributed by atoms with Gasteiger partial charge in [0.1, 0.15) is 6.29 Å². The zero-order chi connectivity index (χ0) is 23.8. The molecule has 0 amide bonds. The molecule has 0 N–H and O–H groups in total. The molecule has 2 heterocycles. The number of thioether (sulfide) groups is 1. The standard InChI is InChI=1S/C25H39BO5S/c1-22(2,29-21-11-9-10-14-28-21)17-23(3,4)32-19-13-12-18(16-27)20(15-19)26-30-24(5,6)25(7,8)31-26/h12-13,15-16,21H,9-11,14,17H2,1-8H3. The van der Waals surface area contributed by atoms with Crippen LogP contribution in [0.4, 0.5) is 0 Å². The van der Waals surface area contributed by atoms with E-state index in [1.54, 1.807) is 11.8 Å². The number of rotatable bonds is 8. The average Bonchev–Trinajstić information content (AvgIpc) is 2.88. The first-order valence-corrected chi connectivity index (χ1v) is 12.5. The van der Waals surface area contributed by atoms with E-state index in [0.717, 1.165) is 48.9 Å². The van der Waals surface area contributed by atoms with Crippen molar-refractivity contribution in [2.75, 3.05) is 6.61 Å². The molecule has 3 rings (SSSR count). The van der Waals surface area contributed by atoms with Crippen molar-refractivity contribution in [1.29, 1.82) is 0 Å². The molecule has 32 heavy (non-hydrogen) atoms. The van der Waals surface area contributed by atoms with Crippen LogP contribution in [-0.4, -0.2) is 47.9 Å². The Morgan fingerprint density at radius 1 is 1.12 bits per heavy atom. The molecule has 2 saturated heterocycles. The van der Waals surface area contributed by atoms with Crippen molar-refractivity contribution >= 4 is 30.6 Å². The maximum Gasteiger partial charge on any atom is 0.495 e. The molecule has 0 saturated carbocycles. The zero-order valence-electron chi connectivity index (χ0n) is 20.9. The van der Waals surface area contributed by atoms with E-state index in [2.05, 4.69) is 27.7 Å². The van der Waals surface area contributed by atoms with Crippen molar-refractivity contribution < 1.29 is 23.6 Å². The summed E-state index contributed by atoms with van der Waals surface area (Å²) < 4.78 is 24.5. The van der Waals surface area contributed by atoms with E-state index in [1.165, 1.54) is 0 Å². The van der Waals surface area contributed by atoms with Gasteiger partial charge in [-0.3, -0.25) is 4.79 Å². The molecule has 178 valence electrons. The van der Waals surface area contributed by atoms with Crippen LogP contribution < -0.4 is 5.46 Å². The summed E-state index contributed by atoms with van der Waals surface area (Å²) in [5, 5.41) is 0. The molecular formula is C25H39BO5S. The van der Waals surface area contributed by atoms with Crippen LogP contribution >= 0.6 is 11.8 Å². The number of aldehydes is 1. The van der Waals surface area contributed by atoms with Crippen LogP contribution in [0.15, 0.2) is 23.1 Å². The third-order valence-electron chi connectivity index (χ3n) is 6.53. The number of ether oxygens (including phenoxy) is 2. The summed E-state index contributed by atoms with van der Waals surface area (Å²) in [5.74, 6) is 0. The van der Waals surface area contributed by atoms with Gasteiger partial charge in [0, 0.05) is 21.8 Å². The second-order valence-electron chi connectivity index (χ2n) is 11.2. The summed E-state index contributed by atoms with van der Waals surface area (Å²) in [6, 6.07) is 5.91. The Morgan fingerprint density at radius 3 is 2.34 bits per heavy atom. The van der Waals surface area contributed by atoms with E-state index >= 15 is 0 Å². The van der Waals surface area contributed by atoms with Gasteiger partial charge in [-0.15, -0.1) is 11.8 Å². The lowest BCUT2D eigenvalue weighted by Crippen LogP contribution is -2.41. The fourth-order valence-electron chi connectivity index (χ4n) is 4.48. The second kappa shape index (κ2) is 9.42. The molecule has 2 fully saturated rings. The third kappa shape index (κ3) is 6.18. The summed E-state index contributed by atoms with van der Waals surface area (Å²) in [6.07, 6.45) is 4.85. The van der Waals surface area contributed by atoms with Crippen LogP contribution in [0.1, 0.15) is 91.4 Å². The fraction of sp³-hybridized carbons (Fsp3) is 0.720. The third-order valence-corrected chi connectivity index (χ3v) is 7.71. The molecular weight excluding hydrogens is 423 g/mol. The highest BCUT2D eigenvalue weighted by Gasteiger charge is 2.52. The van der Waals surface area contributed by atoms with Crippen molar-refractivity contribution in [3.8, 4) is 0 Å². The van der Waals surface area contributed by atoms with Gasteiger partial charge in [-0.2, -0.15) is 0 Å². The van der Waals surface area contributed by atoms with Crippen molar-refractivity contribution in [2.45, 2.75) is 114 Å². The molecule has 1 unspecified atom stereocenters. The van der Waals surface area contributed by atoms with Gasteiger partial charge < -0.3 is 18.8 Å². The van der Waals surface area contributed by atoms with E-state index in [4.69, 9.17) is 18.8 Å². The summed E-state index contributed by atoms with van der Waals surface area (Å²) in [6.45, 7) is 17.6. The van der Waals surface area contributed by atoms with Crippen LogP contribution in [0.25, 0.3) is 0 Å². The molecule has 7 heteroatoms. The molecule has 0 radical (unpaired) electrons. The molecule has 0 aliphatic carbocycles. The number of hydrogen-bond donors (Lipinski definition) is 0. The lowest BCUT2D eigenvalue weighted by molar-refractivity contribution is -0.217. The fourth-order valence-corrected chi connectivity index (χ4v) is 5.86. The van der Waals surface area contributed by atoms with Crippen LogP contribution in [0.3, 0.4) is 0 Å². The van der Waals surface area contributed by atoms with Crippen molar-refractivity contribution in [2.24, 2.45) is 0 Å². The van der Waals surface area contributed by atoms with Gasteiger partial charge in [0.2, 0.25) is 0 Å². The van der Waals surface area contributed by atoms with Gasteiger partial charge in [-0.05, 0) is 84.8 Å². The zero-order valence-corrected chi connectivity index (χ0v) is 21.8. The monoisotopic (exact) mass is 462 g/mol. The highest BCUT2D eigenvalue weighted by Crippen LogP contribution is 2.41. The number of benzene rings is 1. The van der Waals surface area contributed by atoms with Gasteiger partial charge in [0.25, 0.3) is 0 Å². The van der Waals surface area contributed by atoms with Crippen molar-refractivity contribution in [1.82, 2.24) is 0 Å². The van der Waals surface area contributed by atoms with Crippen molar-refractivity contribution in [3.05, 3.63) is 23.8 Å². The lowest BCUT2D eigenvalue weighted by Gasteiger charge is -2.38. The molecule has 2 aliphatic rings. The minimum absolute atomic E-state index is 0.0892. The first-order valence-electron chi connectivity index (χ1n) is 11.7. The maximum absolute atomic E-state index is 11.7. The average molecular weight is 462 g/mol. The van der Waals surface area contributed by atoms with Crippen molar-refractivity contribution in [3.63, 3.8) is 0 Å². The Balaban J connectivity index is 1.73. The summed E-state index contributed by atoms with van der Waals surface area (Å²) in [7, 11) is -0.563. The van der Waals surface area contributed by atoms with Gasteiger partial charge >= 0.3 is 7.12 Å². The Labute approximate surface area is 198 Å².